The molecular formula is C26H28N8O3. The number of hydrogen-bond donors (Lipinski definition) is 1. The average molecular weight is 501 g/mol. The molecule has 2 fully saturated rings. The van der Waals surface area contributed by atoms with Gasteiger partial charge in [0, 0.05) is 26.2 Å². The van der Waals surface area contributed by atoms with Crippen molar-refractivity contribution in [1.29, 1.82) is 0 Å². The Morgan fingerprint density at radius 3 is 2.46 bits per heavy atom. The normalized spacial score (nSPS) is 20.4. The van der Waals surface area contributed by atoms with E-state index in [9.17, 15) is 4.79 Å². The van der Waals surface area contributed by atoms with Crippen molar-refractivity contribution in [3.8, 4) is 0 Å². The molecule has 2 atom stereocenters. The second-order valence-electron chi connectivity index (χ2n) is 9.37. The van der Waals surface area contributed by atoms with Gasteiger partial charge < -0.3 is 24.6 Å². The Morgan fingerprint density at radius 1 is 0.919 bits per heavy atom. The molecular weight excluding hydrogens is 472 g/mol. The first-order valence-corrected chi connectivity index (χ1v) is 12.5. The minimum absolute atomic E-state index is 0.0662. The summed E-state index contributed by atoms with van der Waals surface area (Å²) in [6, 6.07) is 11.1. The largest absolute Gasteiger partial charge is 0.378 e. The van der Waals surface area contributed by atoms with Gasteiger partial charge in [-0.05, 0) is 38.1 Å². The molecule has 2 aliphatic rings. The van der Waals surface area contributed by atoms with Crippen molar-refractivity contribution in [2.45, 2.75) is 26.1 Å². The van der Waals surface area contributed by atoms with Crippen LogP contribution in [0.4, 0.5) is 17.6 Å². The highest BCUT2D eigenvalue weighted by Crippen LogP contribution is 2.29. The van der Waals surface area contributed by atoms with Gasteiger partial charge in [-0.1, -0.05) is 12.1 Å². The summed E-state index contributed by atoms with van der Waals surface area (Å²) in [5, 5.41) is 3.67. The smallest absolute Gasteiger partial charge is 0.277 e. The van der Waals surface area contributed by atoms with Crippen molar-refractivity contribution in [2.75, 3.05) is 54.5 Å². The van der Waals surface area contributed by atoms with E-state index in [1.165, 1.54) is 6.20 Å². The molecule has 0 bridgehead atoms. The van der Waals surface area contributed by atoms with E-state index in [4.69, 9.17) is 24.4 Å². The number of carbonyl (C=O) groups is 1. The highest BCUT2D eigenvalue weighted by Gasteiger charge is 2.27. The van der Waals surface area contributed by atoms with Gasteiger partial charge in [0.25, 0.3) is 5.91 Å². The third kappa shape index (κ3) is 4.87. The number of morpholine rings is 2. The van der Waals surface area contributed by atoms with E-state index < -0.39 is 0 Å². The quantitative estimate of drug-likeness (QED) is 0.448. The molecule has 37 heavy (non-hydrogen) atoms. The summed E-state index contributed by atoms with van der Waals surface area (Å²) in [6.07, 6.45) is 1.60. The first-order chi connectivity index (χ1) is 18.0. The maximum atomic E-state index is 13.0. The van der Waals surface area contributed by atoms with Crippen molar-refractivity contribution in [2.24, 2.45) is 0 Å². The number of aromatic nitrogens is 5. The van der Waals surface area contributed by atoms with E-state index in [0.29, 0.717) is 49.2 Å². The number of ether oxygens (including phenoxy) is 2. The van der Waals surface area contributed by atoms with Crippen molar-refractivity contribution in [3.05, 3.63) is 48.3 Å². The van der Waals surface area contributed by atoms with Crippen LogP contribution in [0.5, 0.6) is 0 Å². The molecule has 6 rings (SSSR count). The molecule has 1 amide bonds. The monoisotopic (exact) mass is 500 g/mol. The van der Waals surface area contributed by atoms with E-state index >= 15 is 0 Å². The fourth-order valence-electron chi connectivity index (χ4n) is 4.80. The van der Waals surface area contributed by atoms with E-state index in [2.05, 4.69) is 25.1 Å². The number of nitrogens with one attached hydrogen (secondary N) is 1. The molecule has 190 valence electrons. The lowest BCUT2D eigenvalue weighted by atomic mass is 10.2. The Bertz CT molecular complexity index is 1450. The van der Waals surface area contributed by atoms with Crippen LogP contribution in [0.3, 0.4) is 0 Å². The fraction of sp³-hybridized carbons (Fsp3) is 0.385. The average Bonchev–Trinajstić information content (AvgIpc) is 2.92. The molecule has 3 aromatic heterocycles. The number of rotatable bonds is 4. The van der Waals surface area contributed by atoms with Gasteiger partial charge in [0.1, 0.15) is 17.3 Å². The third-order valence-corrected chi connectivity index (χ3v) is 6.46. The Balaban J connectivity index is 1.35. The minimum Gasteiger partial charge on any atom is -0.378 e. The van der Waals surface area contributed by atoms with Gasteiger partial charge in [-0.15, -0.1) is 0 Å². The van der Waals surface area contributed by atoms with Crippen LogP contribution in [0.2, 0.25) is 0 Å². The van der Waals surface area contributed by atoms with Gasteiger partial charge in [0.05, 0.1) is 48.0 Å². The number of pyridine rings is 1. The van der Waals surface area contributed by atoms with E-state index in [-0.39, 0.29) is 23.8 Å². The maximum Gasteiger partial charge on any atom is 0.277 e. The number of anilines is 3. The number of fused-ring (bicyclic) bond motifs is 2. The molecule has 1 aromatic carbocycles. The Labute approximate surface area is 213 Å². The molecule has 1 N–H and O–H groups in total. The number of carbonyl (C=O) groups excluding carboxylic acids is 1. The molecule has 2 unspecified atom stereocenters. The number of para-hydroxylation sites is 2. The van der Waals surface area contributed by atoms with Crippen LogP contribution >= 0.6 is 0 Å². The topological polar surface area (TPSA) is 118 Å². The molecule has 5 heterocycles. The van der Waals surface area contributed by atoms with Gasteiger partial charge in [0.2, 0.25) is 5.95 Å². The van der Waals surface area contributed by atoms with Crippen LogP contribution < -0.4 is 15.1 Å². The summed E-state index contributed by atoms with van der Waals surface area (Å²) in [7, 11) is 0. The molecule has 0 radical (unpaired) electrons. The summed E-state index contributed by atoms with van der Waals surface area (Å²) in [6.45, 7) is 8.23. The lowest BCUT2D eigenvalue weighted by Crippen LogP contribution is -2.46. The first-order valence-electron chi connectivity index (χ1n) is 12.5. The highest BCUT2D eigenvalue weighted by molar-refractivity contribution is 6.03. The highest BCUT2D eigenvalue weighted by atomic mass is 16.5. The van der Waals surface area contributed by atoms with Gasteiger partial charge in [-0.25, -0.2) is 9.97 Å². The first kappa shape index (κ1) is 23.4. The predicted molar refractivity (Wildman–Crippen MR) is 140 cm³/mol. The lowest BCUT2D eigenvalue weighted by Gasteiger charge is -2.36. The summed E-state index contributed by atoms with van der Waals surface area (Å²) in [5.74, 6) is 1.42. The minimum atomic E-state index is -0.386. The zero-order valence-corrected chi connectivity index (χ0v) is 20.8. The zero-order chi connectivity index (χ0) is 25.4. The molecule has 4 aromatic rings. The van der Waals surface area contributed by atoms with E-state index in [1.54, 1.807) is 6.07 Å². The van der Waals surface area contributed by atoms with Crippen LogP contribution in [0, 0.1) is 0 Å². The second-order valence-corrected chi connectivity index (χ2v) is 9.37. The molecule has 11 heteroatoms. The maximum absolute atomic E-state index is 13.0. The van der Waals surface area contributed by atoms with Crippen LogP contribution in [0.15, 0.2) is 42.6 Å². The molecule has 2 aliphatic heterocycles. The van der Waals surface area contributed by atoms with Gasteiger partial charge in [-0.3, -0.25) is 9.78 Å². The van der Waals surface area contributed by atoms with Gasteiger partial charge in [0.15, 0.2) is 5.65 Å². The molecule has 0 spiro atoms. The van der Waals surface area contributed by atoms with Crippen molar-refractivity contribution < 1.29 is 14.3 Å². The summed E-state index contributed by atoms with van der Waals surface area (Å²) in [5.41, 5.74) is 2.12. The van der Waals surface area contributed by atoms with Crippen molar-refractivity contribution in [1.82, 2.24) is 24.9 Å². The molecule has 0 aliphatic carbocycles. The number of nitrogens with zero attached hydrogens (tertiary/aromatic N) is 7. The third-order valence-electron chi connectivity index (χ3n) is 6.46. The second kappa shape index (κ2) is 9.83. The molecule has 2 saturated heterocycles. The van der Waals surface area contributed by atoms with Crippen LogP contribution in [-0.4, -0.2) is 82.4 Å². The lowest BCUT2D eigenvalue weighted by molar-refractivity contribution is -0.00570. The SMILES string of the molecule is CC1CN(c2nc(N3CCOCC3)c3ccc(NC(=O)c4cnc5ccccc5n4)nc3n2)CC(C)O1. The van der Waals surface area contributed by atoms with E-state index in [0.717, 1.165) is 29.8 Å². The molecule has 11 nitrogen and oxygen atoms in total. The number of amides is 1. The van der Waals surface area contributed by atoms with Gasteiger partial charge >= 0.3 is 0 Å². The number of benzene rings is 1. The van der Waals surface area contributed by atoms with Crippen molar-refractivity contribution >= 4 is 45.6 Å². The standard InChI is InChI=1S/C26H28N8O3/c1-16-14-34(15-17(2)37-16)26-31-23-18(24(32-26)33-9-11-36-12-10-33)7-8-22(29-23)30-25(35)21-13-27-19-5-3-4-6-20(19)28-21/h3-8,13,16-17H,9-12,14-15H2,1-2H3,(H,29,30,31,32,35). The van der Waals surface area contributed by atoms with Crippen LogP contribution in [0.1, 0.15) is 24.3 Å². The van der Waals surface area contributed by atoms with Crippen molar-refractivity contribution in [3.63, 3.8) is 0 Å². The Kier molecular flexibility index (Phi) is 6.23. The fourth-order valence-corrected chi connectivity index (χ4v) is 4.80. The van der Waals surface area contributed by atoms with Crippen LogP contribution in [0.25, 0.3) is 22.1 Å². The van der Waals surface area contributed by atoms with E-state index in [1.807, 2.05) is 44.2 Å². The zero-order valence-electron chi connectivity index (χ0n) is 20.8. The molecule has 0 saturated carbocycles. The van der Waals surface area contributed by atoms with Crippen LogP contribution in [-0.2, 0) is 9.47 Å². The van der Waals surface area contributed by atoms with Gasteiger partial charge in [-0.2, -0.15) is 9.97 Å². The summed E-state index contributed by atoms with van der Waals surface area (Å²) < 4.78 is 11.5. The summed E-state index contributed by atoms with van der Waals surface area (Å²) >= 11 is 0. The summed E-state index contributed by atoms with van der Waals surface area (Å²) in [4.78, 5) is 40.6. The number of hydrogen-bond acceptors (Lipinski definition) is 10. The Morgan fingerprint density at radius 2 is 1.68 bits per heavy atom. The predicted octanol–water partition coefficient (Wildman–Crippen LogP) is 2.67. The Hall–Kier alpha value is -3.96.